The summed E-state index contributed by atoms with van der Waals surface area (Å²) in [6.45, 7) is 0. The van der Waals surface area contributed by atoms with Crippen molar-refractivity contribution in [2.45, 2.75) is 17.4 Å². The maximum absolute atomic E-state index is 6.29. The number of hydrogen-bond donors (Lipinski definition) is 0. The molecule has 6 rings (SSSR count). The van der Waals surface area contributed by atoms with Crippen LogP contribution in [0.25, 0.3) is 5.57 Å². The van der Waals surface area contributed by atoms with E-state index in [9.17, 15) is 0 Å². The summed E-state index contributed by atoms with van der Waals surface area (Å²) >= 11 is 0. The number of methoxy groups -OCH3 is 8. The van der Waals surface area contributed by atoms with Crippen LogP contribution < -0.4 is 9.47 Å². The average molecular weight is 550 g/mol. The Morgan fingerprint density at radius 3 is 1.15 bits per heavy atom. The number of hydrogen-bond acceptors (Lipinski definition) is 8. The quantitative estimate of drug-likeness (QED) is 0.363. The van der Waals surface area contributed by atoms with E-state index >= 15 is 0 Å². The first kappa shape index (κ1) is 26.9. The molecular formula is C31H33O9+. The van der Waals surface area contributed by atoms with E-state index in [1.807, 2.05) is 36.4 Å². The Bertz CT molecular complexity index is 1440. The summed E-state index contributed by atoms with van der Waals surface area (Å²) in [5.41, 5.74) is 7.94. The monoisotopic (exact) mass is 549 g/mol. The maximum Gasteiger partial charge on any atom is 0.344 e. The lowest BCUT2D eigenvalue weighted by molar-refractivity contribution is -0.418. The minimum Gasteiger partial charge on any atom is -0.497 e. The lowest BCUT2D eigenvalue weighted by Gasteiger charge is -2.52. The highest BCUT2D eigenvalue weighted by Crippen LogP contribution is 2.65. The first-order valence-electron chi connectivity index (χ1n) is 12.7. The first-order valence-corrected chi connectivity index (χ1v) is 12.7. The normalized spacial score (nSPS) is 20.0. The number of allylic oxidation sites excluding steroid dienone is 2. The third-order valence-electron chi connectivity index (χ3n) is 8.64. The molecule has 0 saturated carbocycles. The van der Waals surface area contributed by atoms with E-state index in [2.05, 4.69) is 0 Å². The van der Waals surface area contributed by atoms with Crippen LogP contribution >= 0.6 is 0 Å². The van der Waals surface area contributed by atoms with Crippen molar-refractivity contribution in [2.24, 2.45) is 0 Å². The van der Waals surface area contributed by atoms with Crippen LogP contribution in [0.5, 0.6) is 11.5 Å². The van der Waals surface area contributed by atoms with Crippen molar-refractivity contribution in [2.75, 3.05) is 64.0 Å². The van der Waals surface area contributed by atoms with Gasteiger partial charge in [-0.3, -0.25) is 4.42 Å². The number of carbonyl (C=O) groups excluding carboxylic acids is 1. The summed E-state index contributed by atoms with van der Waals surface area (Å²) in [6.07, 6.45) is 3.86. The molecule has 0 heterocycles. The largest absolute Gasteiger partial charge is 0.497 e. The third kappa shape index (κ3) is 2.89. The van der Waals surface area contributed by atoms with E-state index in [0.717, 1.165) is 55.7 Å². The molecule has 4 aliphatic rings. The molecule has 0 atom stereocenters. The highest BCUT2D eigenvalue weighted by Gasteiger charge is 2.61. The Hall–Kier alpha value is -3.31. The fraction of sp³-hybridized carbons (Fsp3) is 0.387. The summed E-state index contributed by atoms with van der Waals surface area (Å²) in [5, 5.41) is 0. The number of ether oxygens (including phenoxy) is 8. The lowest BCUT2D eigenvalue weighted by atomic mass is 9.60. The first-order chi connectivity index (χ1) is 19.3. The van der Waals surface area contributed by atoms with Crippen LogP contribution in [-0.2, 0) is 50.2 Å². The molecule has 0 aromatic heterocycles. The molecule has 0 fully saturated rings. The predicted octanol–water partition coefficient (Wildman–Crippen LogP) is 3.83. The lowest BCUT2D eigenvalue weighted by Crippen LogP contribution is -2.49. The summed E-state index contributed by atoms with van der Waals surface area (Å²) in [6, 6.07) is 7.72. The number of benzene rings is 2. The fourth-order valence-electron chi connectivity index (χ4n) is 6.95. The van der Waals surface area contributed by atoms with E-state index in [-0.39, 0.29) is 0 Å². The van der Waals surface area contributed by atoms with Gasteiger partial charge in [-0.2, -0.15) is 0 Å². The second-order valence-electron chi connectivity index (χ2n) is 9.74. The highest BCUT2D eigenvalue weighted by atomic mass is 16.7. The van der Waals surface area contributed by atoms with Crippen molar-refractivity contribution in [3.05, 3.63) is 86.5 Å². The van der Waals surface area contributed by atoms with Gasteiger partial charge in [0.05, 0.1) is 26.4 Å². The van der Waals surface area contributed by atoms with Gasteiger partial charge in [-0.15, -0.1) is 0 Å². The second-order valence-corrected chi connectivity index (χ2v) is 9.74. The van der Waals surface area contributed by atoms with E-state index in [4.69, 9.17) is 42.3 Å². The Morgan fingerprint density at radius 1 is 0.500 bits per heavy atom. The maximum atomic E-state index is 6.29. The third-order valence-corrected chi connectivity index (χ3v) is 8.64. The predicted molar refractivity (Wildman–Crippen MR) is 145 cm³/mol. The summed E-state index contributed by atoms with van der Waals surface area (Å²) in [5.74, 6) is -2.27. The van der Waals surface area contributed by atoms with E-state index in [1.165, 1.54) is 0 Å². The van der Waals surface area contributed by atoms with Crippen LogP contribution in [0.4, 0.5) is 0 Å². The van der Waals surface area contributed by atoms with E-state index in [1.54, 1.807) is 64.0 Å². The molecule has 0 aliphatic heterocycles. The van der Waals surface area contributed by atoms with Crippen LogP contribution in [0, 0.1) is 0 Å². The Labute approximate surface area is 233 Å². The summed E-state index contributed by atoms with van der Waals surface area (Å²) < 4.78 is 55.1. The number of ketones is 1. The van der Waals surface area contributed by atoms with Crippen molar-refractivity contribution < 1.29 is 42.3 Å². The average Bonchev–Trinajstić information content (AvgIpc) is 3.01. The zero-order valence-electron chi connectivity index (χ0n) is 24.1. The molecular weight excluding hydrogens is 516 g/mol. The van der Waals surface area contributed by atoms with Crippen molar-refractivity contribution in [1.82, 2.24) is 0 Å². The SMILES string of the molecule is COc1cc2c3c(c1)C(OC)(OC)c1cc(OC)cc4c1C3=C1C(=CC(=[O+]C)C=C1C4(OC)OC)C2(OC)OC. The van der Waals surface area contributed by atoms with Gasteiger partial charge in [-0.25, -0.2) is 0 Å². The standard InChI is InChI=1S/C31H33O9/c1-32-16-10-19-25-20(11-16)30(37-6,38-7)22-13-18(34-3)15-24-27(22)28(25)26-21(29(19,35-4)36-5)12-17(33-2)14-23(26)31(24,39-8)40-9/h10-15H,1-9H3/q+1. The molecule has 0 unspecified atom stereocenters. The number of rotatable bonds is 8. The van der Waals surface area contributed by atoms with Crippen molar-refractivity contribution >= 4 is 11.4 Å². The molecule has 40 heavy (non-hydrogen) atoms. The zero-order chi connectivity index (χ0) is 28.6. The van der Waals surface area contributed by atoms with Crippen molar-refractivity contribution in [3.8, 4) is 11.5 Å². The van der Waals surface area contributed by atoms with Crippen molar-refractivity contribution in [1.29, 1.82) is 0 Å². The topological polar surface area (TPSA) is 85.1 Å². The molecule has 2 aromatic rings. The van der Waals surface area contributed by atoms with Gasteiger partial charge in [0.25, 0.3) is 7.11 Å². The molecule has 0 spiro atoms. The molecule has 0 bridgehead atoms. The van der Waals surface area contributed by atoms with Crippen LogP contribution in [0.2, 0.25) is 0 Å². The molecule has 4 aliphatic carbocycles. The fourth-order valence-corrected chi connectivity index (χ4v) is 6.95. The molecule has 0 amide bonds. The smallest absolute Gasteiger partial charge is 0.344 e. The highest BCUT2D eigenvalue weighted by molar-refractivity contribution is 6.10. The van der Waals surface area contributed by atoms with Gasteiger partial charge in [-0.05, 0) is 29.8 Å². The van der Waals surface area contributed by atoms with Gasteiger partial charge in [0.1, 0.15) is 11.5 Å². The van der Waals surface area contributed by atoms with Gasteiger partial charge < -0.3 is 37.9 Å². The Balaban J connectivity index is 1.95. The van der Waals surface area contributed by atoms with Crippen LogP contribution in [0.1, 0.15) is 33.4 Å². The molecule has 0 N–H and O–H groups in total. The minimum atomic E-state index is -1.34. The van der Waals surface area contributed by atoms with Gasteiger partial charge in [-0.1, -0.05) is 0 Å². The zero-order valence-corrected chi connectivity index (χ0v) is 24.1. The molecule has 2 aromatic carbocycles. The van der Waals surface area contributed by atoms with Gasteiger partial charge >= 0.3 is 5.78 Å². The summed E-state index contributed by atoms with van der Waals surface area (Å²) in [7, 11) is 14.5. The van der Waals surface area contributed by atoms with E-state index in [0.29, 0.717) is 17.3 Å². The second kappa shape index (κ2) is 9.10. The molecule has 0 saturated heterocycles. The minimum absolute atomic E-state index is 0.586. The Kier molecular flexibility index (Phi) is 6.12. The van der Waals surface area contributed by atoms with Crippen LogP contribution in [0.3, 0.4) is 0 Å². The van der Waals surface area contributed by atoms with Gasteiger partial charge in [0, 0.05) is 92.8 Å². The van der Waals surface area contributed by atoms with Crippen molar-refractivity contribution in [3.63, 3.8) is 0 Å². The molecule has 9 nitrogen and oxygen atoms in total. The van der Waals surface area contributed by atoms with Crippen LogP contribution in [0.15, 0.2) is 53.1 Å². The van der Waals surface area contributed by atoms with Gasteiger partial charge in [0.15, 0.2) is 0 Å². The Morgan fingerprint density at radius 2 is 0.850 bits per heavy atom. The molecule has 210 valence electrons. The van der Waals surface area contributed by atoms with Gasteiger partial charge in [0.2, 0.25) is 17.4 Å². The summed E-state index contributed by atoms with van der Waals surface area (Å²) in [4.78, 5) is 0. The van der Waals surface area contributed by atoms with Crippen LogP contribution in [-0.4, -0.2) is 69.8 Å². The van der Waals surface area contributed by atoms with E-state index < -0.39 is 17.4 Å². The molecule has 9 heteroatoms. The molecule has 0 radical (unpaired) electrons.